The Hall–Kier alpha value is -1.39. The Morgan fingerprint density at radius 3 is 2.88 bits per heavy atom. The molecule has 1 aromatic rings. The molecule has 1 aliphatic heterocycles. The standard InChI is InChI=1S/C20H30N2O2/c1-15(2)22-9-10-24-18(14-22)12-19(23)21-20(7-8-20)13-17-6-4-5-16(3)11-17/h4-6,11,15,18H,7-10,12-14H2,1-3H3,(H,21,23)/t18-/m0/s1. The zero-order valence-electron chi connectivity index (χ0n) is 15.2. The predicted molar refractivity (Wildman–Crippen MR) is 96.1 cm³/mol. The summed E-state index contributed by atoms with van der Waals surface area (Å²) < 4.78 is 5.80. The molecular formula is C20H30N2O2. The summed E-state index contributed by atoms with van der Waals surface area (Å²) in [6.07, 6.45) is 3.59. The van der Waals surface area contributed by atoms with Crippen molar-refractivity contribution in [2.24, 2.45) is 0 Å². The number of morpholine rings is 1. The van der Waals surface area contributed by atoms with Crippen LogP contribution in [0.5, 0.6) is 0 Å². The monoisotopic (exact) mass is 330 g/mol. The summed E-state index contributed by atoms with van der Waals surface area (Å²) >= 11 is 0. The van der Waals surface area contributed by atoms with Crippen molar-refractivity contribution >= 4 is 5.91 Å². The lowest BCUT2D eigenvalue weighted by atomic mass is 10.0. The van der Waals surface area contributed by atoms with Gasteiger partial charge in [0.05, 0.1) is 19.1 Å². The Morgan fingerprint density at radius 1 is 1.42 bits per heavy atom. The third-order valence-corrected chi connectivity index (χ3v) is 5.20. The van der Waals surface area contributed by atoms with E-state index >= 15 is 0 Å². The SMILES string of the molecule is Cc1cccc(CC2(NC(=O)C[C@H]3CN(C(C)C)CCO3)CC2)c1. The molecule has 2 fully saturated rings. The second-order valence-electron chi connectivity index (χ2n) is 7.78. The molecule has 1 aliphatic carbocycles. The van der Waals surface area contributed by atoms with E-state index in [1.165, 1.54) is 11.1 Å². The highest BCUT2D eigenvalue weighted by Gasteiger charge is 2.44. The van der Waals surface area contributed by atoms with Gasteiger partial charge in [0, 0.05) is 24.7 Å². The number of amides is 1. The lowest BCUT2D eigenvalue weighted by Crippen LogP contribution is -2.48. The molecule has 0 spiro atoms. The molecule has 24 heavy (non-hydrogen) atoms. The topological polar surface area (TPSA) is 41.6 Å². The second kappa shape index (κ2) is 7.24. The maximum absolute atomic E-state index is 12.5. The number of ether oxygens (including phenoxy) is 1. The minimum atomic E-state index is -0.0166. The Morgan fingerprint density at radius 2 is 2.21 bits per heavy atom. The van der Waals surface area contributed by atoms with Crippen molar-refractivity contribution in [3.05, 3.63) is 35.4 Å². The maximum Gasteiger partial charge on any atom is 0.223 e. The lowest BCUT2D eigenvalue weighted by molar-refractivity contribution is -0.127. The van der Waals surface area contributed by atoms with Crippen molar-refractivity contribution in [3.63, 3.8) is 0 Å². The van der Waals surface area contributed by atoms with Crippen LogP contribution < -0.4 is 5.32 Å². The van der Waals surface area contributed by atoms with Crippen molar-refractivity contribution < 1.29 is 9.53 Å². The van der Waals surface area contributed by atoms with Gasteiger partial charge in [0.2, 0.25) is 5.91 Å². The normalized spacial score (nSPS) is 23.2. The van der Waals surface area contributed by atoms with E-state index in [4.69, 9.17) is 4.74 Å². The fourth-order valence-electron chi connectivity index (χ4n) is 3.60. The van der Waals surface area contributed by atoms with E-state index in [0.29, 0.717) is 12.5 Å². The molecule has 1 N–H and O–H groups in total. The van der Waals surface area contributed by atoms with Gasteiger partial charge in [0.25, 0.3) is 0 Å². The molecule has 1 amide bonds. The molecule has 0 bridgehead atoms. The van der Waals surface area contributed by atoms with Crippen LogP contribution in [0.4, 0.5) is 0 Å². The zero-order chi connectivity index (χ0) is 17.2. The first-order valence-corrected chi connectivity index (χ1v) is 9.18. The highest BCUT2D eigenvalue weighted by molar-refractivity contribution is 5.78. The molecule has 1 heterocycles. The summed E-state index contributed by atoms with van der Waals surface area (Å²) in [5.74, 6) is 0.135. The van der Waals surface area contributed by atoms with Crippen molar-refractivity contribution in [1.29, 1.82) is 0 Å². The Kier molecular flexibility index (Phi) is 5.26. The van der Waals surface area contributed by atoms with Gasteiger partial charge in [-0.3, -0.25) is 9.69 Å². The van der Waals surface area contributed by atoms with Gasteiger partial charge in [-0.2, -0.15) is 0 Å². The molecule has 1 saturated heterocycles. The van der Waals surface area contributed by atoms with Gasteiger partial charge in [-0.25, -0.2) is 0 Å². The van der Waals surface area contributed by atoms with Crippen LogP contribution in [0, 0.1) is 6.92 Å². The number of benzene rings is 1. The number of carbonyl (C=O) groups is 1. The maximum atomic E-state index is 12.5. The van der Waals surface area contributed by atoms with E-state index in [1.54, 1.807) is 0 Å². The summed E-state index contributed by atoms with van der Waals surface area (Å²) in [6, 6.07) is 9.10. The van der Waals surface area contributed by atoms with Crippen LogP contribution in [0.15, 0.2) is 24.3 Å². The number of nitrogens with one attached hydrogen (secondary N) is 1. The van der Waals surface area contributed by atoms with E-state index in [0.717, 1.165) is 39.0 Å². The number of rotatable bonds is 6. The number of hydrogen-bond donors (Lipinski definition) is 1. The average molecular weight is 330 g/mol. The van der Waals surface area contributed by atoms with Crippen molar-refractivity contribution in [1.82, 2.24) is 10.2 Å². The fraction of sp³-hybridized carbons (Fsp3) is 0.650. The molecule has 3 rings (SSSR count). The number of aryl methyl sites for hydroxylation is 1. The molecular weight excluding hydrogens is 300 g/mol. The molecule has 0 unspecified atom stereocenters. The van der Waals surface area contributed by atoms with Gasteiger partial charge in [-0.05, 0) is 45.6 Å². The largest absolute Gasteiger partial charge is 0.375 e. The van der Waals surface area contributed by atoms with E-state index in [1.807, 2.05) is 0 Å². The molecule has 132 valence electrons. The van der Waals surface area contributed by atoms with Crippen LogP contribution in [0.2, 0.25) is 0 Å². The van der Waals surface area contributed by atoms with Crippen molar-refractivity contribution in [2.45, 2.75) is 64.1 Å². The summed E-state index contributed by atoms with van der Waals surface area (Å²) in [4.78, 5) is 14.9. The average Bonchev–Trinajstić information content (AvgIpc) is 3.26. The summed E-state index contributed by atoms with van der Waals surface area (Å²) in [5.41, 5.74) is 2.57. The molecule has 2 aliphatic rings. The van der Waals surface area contributed by atoms with E-state index < -0.39 is 0 Å². The van der Waals surface area contributed by atoms with E-state index in [9.17, 15) is 4.79 Å². The smallest absolute Gasteiger partial charge is 0.223 e. The van der Waals surface area contributed by atoms with Gasteiger partial charge in [-0.15, -0.1) is 0 Å². The third-order valence-electron chi connectivity index (χ3n) is 5.20. The highest BCUT2D eigenvalue weighted by atomic mass is 16.5. The van der Waals surface area contributed by atoms with E-state index in [-0.39, 0.29) is 17.6 Å². The van der Waals surface area contributed by atoms with Crippen LogP contribution in [-0.2, 0) is 16.0 Å². The van der Waals surface area contributed by atoms with Crippen LogP contribution in [0.25, 0.3) is 0 Å². The minimum absolute atomic E-state index is 0.0166. The van der Waals surface area contributed by atoms with Gasteiger partial charge in [-0.1, -0.05) is 29.8 Å². The lowest BCUT2D eigenvalue weighted by Gasteiger charge is -2.35. The van der Waals surface area contributed by atoms with Gasteiger partial charge in [0.15, 0.2) is 0 Å². The predicted octanol–water partition coefficient (Wildman–Crippen LogP) is 2.69. The molecule has 1 atom stereocenters. The molecule has 0 radical (unpaired) electrons. The number of carbonyl (C=O) groups excluding carboxylic acids is 1. The first-order chi connectivity index (χ1) is 11.5. The van der Waals surface area contributed by atoms with E-state index in [2.05, 4.69) is 55.3 Å². The van der Waals surface area contributed by atoms with Crippen molar-refractivity contribution in [3.8, 4) is 0 Å². The van der Waals surface area contributed by atoms with Crippen LogP contribution >= 0.6 is 0 Å². The minimum Gasteiger partial charge on any atom is -0.375 e. The first kappa shape index (κ1) is 17.4. The quantitative estimate of drug-likeness (QED) is 0.872. The summed E-state index contributed by atoms with van der Waals surface area (Å²) in [5, 5.41) is 3.29. The highest BCUT2D eigenvalue weighted by Crippen LogP contribution is 2.39. The zero-order valence-corrected chi connectivity index (χ0v) is 15.2. The first-order valence-electron chi connectivity index (χ1n) is 9.18. The Balaban J connectivity index is 1.51. The Bertz CT molecular complexity index is 581. The molecule has 4 nitrogen and oxygen atoms in total. The van der Waals surface area contributed by atoms with Crippen LogP contribution in [0.1, 0.15) is 44.2 Å². The fourth-order valence-corrected chi connectivity index (χ4v) is 3.60. The Labute approximate surface area is 145 Å². The van der Waals surface area contributed by atoms with Gasteiger partial charge in [0.1, 0.15) is 0 Å². The van der Waals surface area contributed by atoms with Crippen LogP contribution in [0.3, 0.4) is 0 Å². The number of nitrogens with zero attached hydrogens (tertiary/aromatic N) is 1. The summed E-state index contributed by atoms with van der Waals surface area (Å²) in [7, 11) is 0. The molecule has 1 aromatic carbocycles. The van der Waals surface area contributed by atoms with Crippen molar-refractivity contribution in [2.75, 3.05) is 19.7 Å². The van der Waals surface area contributed by atoms with Crippen LogP contribution in [-0.4, -0.2) is 48.2 Å². The second-order valence-corrected chi connectivity index (χ2v) is 7.78. The number of hydrogen-bond acceptors (Lipinski definition) is 3. The third kappa shape index (κ3) is 4.58. The van der Waals surface area contributed by atoms with Gasteiger partial charge >= 0.3 is 0 Å². The molecule has 4 heteroatoms. The summed E-state index contributed by atoms with van der Waals surface area (Å²) in [6.45, 7) is 9.06. The van der Waals surface area contributed by atoms with Gasteiger partial charge < -0.3 is 10.1 Å². The molecule has 1 saturated carbocycles. The molecule has 0 aromatic heterocycles.